The van der Waals surface area contributed by atoms with Crippen molar-refractivity contribution in [3.05, 3.63) is 139 Å². The lowest BCUT2D eigenvalue weighted by molar-refractivity contribution is 0.0994. The average Bonchev–Trinajstić information content (AvgIpc) is 3.15. The van der Waals surface area contributed by atoms with E-state index in [-0.39, 0.29) is 5.78 Å². The number of nitrogens with one attached hydrogen (secondary N) is 1. The van der Waals surface area contributed by atoms with Gasteiger partial charge < -0.3 is 5.32 Å². The Hall–Kier alpha value is -3.91. The second kappa shape index (κ2) is 11.8. The lowest BCUT2D eigenvalue weighted by Crippen LogP contribution is -2.02. The molecule has 0 spiro atoms. The molecule has 2 aliphatic rings. The van der Waals surface area contributed by atoms with Crippen LogP contribution >= 0.6 is 0 Å². The van der Waals surface area contributed by atoms with Gasteiger partial charge in [0, 0.05) is 24.4 Å². The van der Waals surface area contributed by atoms with E-state index in [9.17, 15) is 4.79 Å². The Bertz CT molecular complexity index is 993. The third-order valence-corrected chi connectivity index (χ3v) is 4.46. The number of rotatable bonds is 1. The number of Topliss-reactive ketones (excluding diaryl/α,β-unsaturated/α-hetero) is 1. The van der Waals surface area contributed by atoms with E-state index in [4.69, 9.17) is 0 Å². The van der Waals surface area contributed by atoms with E-state index in [1.807, 2.05) is 85.3 Å². The molecule has 0 saturated heterocycles. The van der Waals surface area contributed by atoms with Gasteiger partial charge in [-0.15, -0.1) is 0 Å². The Kier molecular flexibility index (Phi) is 8.20. The van der Waals surface area contributed by atoms with Gasteiger partial charge in [0.1, 0.15) is 0 Å². The Morgan fingerprint density at radius 2 is 1.13 bits per heavy atom. The smallest absolute Gasteiger partial charge is 0.167 e. The molecule has 1 aliphatic carbocycles. The summed E-state index contributed by atoms with van der Waals surface area (Å²) in [5.41, 5.74) is 4.45. The maximum atomic E-state index is 11.2. The third kappa shape index (κ3) is 6.61. The lowest BCUT2D eigenvalue weighted by atomic mass is 9.97. The minimum Gasteiger partial charge on any atom is -0.368 e. The van der Waals surface area contributed by atoms with Crippen LogP contribution < -0.4 is 5.32 Å². The molecule has 1 heterocycles. The van der Waals surface area contributed by atoms with Crippen molar-refractivity contribution in [2.75, 3.05) is 0 Å². The van der Waals surface area contributed by atoms with Crippen LogP contribution in [-0.4, -0.2) is 5.78 Å². The summed E-state index contributed by atoms with van der Waals surface area (Å²) >= 11 is 0. The van der Waals surface area contributed by atoms with Crippen LogP contribution in [-0.2, 0) is 0 Å². The number of fused-ring (bicyclic) bond motifs is 1. The molecule has 2 heteroatoms. The molecule has 2 nitrogen and oxygen atoms in total. The zero-order valence-corrected chi connectivity index (χ0v) is 16.8. The Morgan fingerprint density at radius 3 is 1.70 bits per heavy atom. The van der Waals surface area contributed by atoms with Gasteiger partial charge in [-0.25, -0.2) is 0 Å². The fraction of sp³-hybridized carbons (Fsp3) is 0.0357. The SMILES string of the molecule is C1=CC=CNC=C1.O=C1CC=Cc2ccccc21.c1ccc(-c2ccccc2)cc1. The van der Waals surface area contributed by atoms with Crippen molar-refractivity contribution in [2.45, 2.75) is 6.42 Å². The minimum absolute atomic E-state index is 0.225. The molecule has 0 radical (unpaired) electrons. The molecule has 30 heavy (non-hydrogen) atoms. The molecular formula is C28H25NO. The highest BCUT2D eigenvalue weighted by molar-refractivity contribution is 6.02. The number of carbonyl (C=O) groups excluding carboxylic acids is 1. The van der Waals surface area contributed by atoms with Crippen molar-refractivity contribution >= 4 is 11.9 Å². The summed E-state index contributed by atoms with van der Waals surface area (Å²) < 4.78 is 0. The molecular weight excluding hydrogens is 366 g/mol. The maximum Gasteiger partial charge on any atom is 0.167 e. The van der Waals surface area contributed by atoms with Gasteiger partial charge in [-0.05, 0) is 28.8 Å². The number of benzene rings is 3. The fourth-order valence-electron chi connectivity index (χ4n) is 2.97. The lowest BCUT2D eigenvalue weighted by Gasteiger charge is -2.07. The number of allylic oxidation sites excluding steroid dienone is 5. The highest BCUT2D eigenvalue weighted by atomic mass is 16.1. The van der Waals surface area contributed by atoms with Crippen molar-refractivity contribution < 1.29 is 4.79 Å². The van der Waals surface area contributed by atoms with Crippen molar-refractivity contribution in [3.63, 3.8) is 0 Å². The second-order valence-electron chi connectivity index (χ2n) is 6.62. The standard InChI is InChI=1S/C12H10.C10H8O.C6H7N/c1-3-7-11(8-4-1)12-9-5-2-6-10-12;11-10-7-3-5-8-4-1-2-6-9(8)10;1-2-4-6-7-5-3-1/h1-10H;1-6H,7H2;1-7H. The first kappa shape index (κ1) is 20.8. The first-order valence-corrected chi connectivity index (χ1v) is 9.98. The first-order chi connectivity index (χ1) is 14.8. The van der Waals surface area contributed by atoms with Crippen molar-refractivity contribution in [3.8, 4) is 11.1 Å². The van der Waals surface area contributed by atoms with Crippen LogP contribution in [0.25, 0.3) is 17.2 Å². The van der Waals surface area contributed by atoms with Crippen LogP contribution in [0.3, 0.4) is 0 Å². The van der Waals surface area contributed by atoms with Crippen molar-refractivity contribution in [2.24, 2.45) is 0 Å². The minimum atomic E-state index is 0.225. The van der Waals surface area contributed by atoms with E-state index in [2.05, 4.69) is 53.8 Å². The molecule has 0 saturated carbocycles. The molecule has 148 valence electrons. The molecule has 0 aromatic heterocycles. The fourth-order valence-corrected chi connectivity index (χ4v) is 2.97. The summed E-state index contributed by atoms with van der Waals surface area (Å²) in [5.74, 6) is 0.225. The number of hydrogen-bond acceptors (Lipinski definition) is 2. The molecule has 3 aromatic rings. The summed E-state index contributed by atoms with van der Waals surface area (Å²) in [6.45, 7) is 0. The van der Waals surface area contributed by atoms with Crippen LogP contribution in [0.2, 0.25) is 0 Å². The summed E-state index contributed by atoms with van der Waals surface area (Å²) in [7, 11) is 0. The van der Waals surface area contributed by atoms with Gasteiger partial charge in [-0.2, -0.15) is 0 Å². The molecule has 0 unspecified atom stereocenters. The number of carbonyl (C=O) groups is 1. The Balaban J connectivity index is 0.000000133. The van der Waals surface area contributed by atoms with E-state index in [1.165, 1.54) is 11.1 Å². The Labute approximate surface area is 178 Å². The van der Waals surface area contributed by atoms with E-state index >= 15 is 0 Å². The molecule has 5 rings (SSSR count). The summed E-state index contributed by atoms with van der Waals surface area (Å²) in [5, 5.41) is 2.92. The van der Waals surface area contributed by atoms with E-state index in [0.29, 0.717) is 6.42 Å². The molecule has 0 bridgehead atoms. The normalized spacial score (nSPS) is 13.0. The quantitative estimate of drug-likeness (QED) is 0.493. The molecule has 0 fully saturated rings. The molecule has 1 aliphatic heterocycles. The van der Waals surface area contributed by atoms with Crippen LogP contribution in [0.4, 0.5) is 0 Å². The zero-order chi connectivity index (χ0) is 20.9. The first-order valence-electron chi connectivity index (χ1n) is 9.98. The van der Waals surface area contributed by atoms with Gasteiger partial charge in [0.2, 0.25) is 0 Å². The van der Waals surface area contributed by atoms with Gasteiger partial charge >= 0.3 is 0 Å². The molecule has 0 atom stereocenters. The maximum absolute atomic E-state index is 11.2. The monoisotopic (exact) mass is 391 g/mol. The number of hydrogen-bond donors (Lipinski definition) is 1. The second-order valence-corrected chi connectivity index (χ2v) is 6.62. The predicted octanol–water partition coefficient (Wildman–Crippen LogP) is 6.81. The van der Waals surface area contributed by atoms with E-state index in [1.54, 1.807) is 0 Å². The van der Waals surface area contributed by atoms with Gasteiger partial charge in [0.05, 0.1) is 0 Å². The van der Waals surface area contributed by atoms with Crippen molar-refractivity contribution in [1.82, 2.24) is 5.32 Å². The van der Waals surface area contributed by atoms with Crippen LogP contribution in [0.5, 0.6) is 0 Å². The number of ketones is 1. The Morgan fingerprint density at radius 1 is 0.600 bits per heavy atom. The van der Waals surface area contributed by atoms with Gasteiger partial charge in [0.25, 0.3) is 0 Å². The summed E-state index contributed by atoms with van der Waals surface area (Å²) in [6, 6.07) is 28.5. The van der Waals surface area contributed by atoms with Crippen LogP contribution in [0.1, 0.15) is 22.3 Å². The highest BCUT2D eigenvalue weighted by Gasteiger charge is 2.10. The predicted molar refractivity (Wildman–Crippen MR) is 127 cm³/mol. The van der Waals surface area contributed by atoms with Crippen molar-refractivity contribution in [1.29, 1.82) is 0 Å². The topological polar surface area (TPSA) is 29.1 Å². The van der Waals surface area contributed by atoms with Gasteiger partial charge in [-0.1, -0.05) is 109 Å². The van der Waals surface area contributed by atoms with Gasteiger partial charge in [-0.3, -0.25) is 4.79 Å². The highest BCUT2D eigenvalue weighted by Crippen LogP contribution is 2.18. The molecule has 0 amide bonds. The van der Waals surface area contributed by atoms with E-state index < -0.39 is 0 Å². The van der Waals surface area contributed by atoms with Crippen LogP contribution in [0.15, 0.2) is 128 Å². The average molecular weight is 392 g/mol. The van der Waals surface area contributed by atoms with Gasteiger partial charge in [0.15, 0.2) is 5.78 Å². The third-order valence-electron chi connectivity index (χ3n) is 4.46. The van der Waals surface area contributed by atoms with Crippen LogP contribution in [0, 0.1) is 0 Å². The summed E-state index contributed by atoms with van der Waals surface area (Å²) in [4.78, 5) is 11.2. The molecule has 3 aromatic carbocycles. The van der Waals surface area contributed by atoms with E-state index in [0.717, 1.165) is 11.1 Å². The molecule has 1 N–H and O–H groups in total. The summed E-state index contributed by atoms with van der Waals surface area (Å²) in [6.07, 6.45) is 16.0. The zero-order valence-electron chi connectivity index (χ0n) is 16.8. The largest absolute Gasteiger partial charge is 0.368 e.